The molecule has 0 fully saturated rings. The standard InChI is InChI=1S/C8H4F4O2.2C2H6/c1-3(13)14-8-6(11)4(9)2-5(10)7(8)12;2*1-2/h2H,1H3;2*1-2H3. The van der Waals surface area contributed by atoms with E-state index in [4.69, 9.17) is 0 Å². The zero-order valence-corrected chi connectivity index (χ0v) is 10.9. The summed E-state index contributed by atoms with van der Waals surface area (Å²) < 4.78 is 54.5. The molecule has 1 aromatic rings. The number of esters is 1. The normalized spacial score (nSPS) is 8.50. The first kappa shape index (κ1) is 18.8. The summed E-state index contributed by atoms with van der Waals surface area (Å²) in [5, 5.41) is 0. The van der Waals surface area contributed by atoms with Gasteiger partial charge in [-0.2, -0.15) is 8.78 Å². The van der Waals surface area contributed by atoms with E-state index in [-0.39, 0.29) is 6.07 Å². The highest BCUT2D eigenvalue weighted by Crippen LogP contribution is 2.26. The summed E-state index contributed by atoms with van der Waals surface area (Å²) in [5.41, 5.74) is 0. The van der Waals surface area contributed by atoms with E-state index in [1.54, 1.807) is 0 Å². The van der Waals surface area contributed by atoms with Crippen molar-refractivity contribution < 1.29 is 27.1 Å². The Kier molecular flexibility index (Phi) is 9.84. The largest absolute Gasteiger partial charge is 0.420 e. The van der Waals surface area contributed by atoms with Crippen LogP contribution in [0.5, 0.6) is 5.75 Å². The molecule has 6 heteroatoms. The van der Waals surface area contributed by atoms with E-state index in [2.05, 4.69) is 4.74 Å². The van der Waals surface area contributed by atoms with Crippen LogP contribution in [-0.4, -0.2) is 5.97 Å². The van der Waals surface area contributed by atoms with Gasteiger partial charge in [0.25, 0.3) is 0 Å². The number of halogens is 4. The van der Waals surface area contributed by atoms with Gasteiger partial charge in [-0.25, -0.2) is 8.78 Å². The van der Waals surface area contributed by atoms with Gasteiger partial charge in [-0.3, -0.25) is 4.79 Å². The second kappa shape index (κ2) is 9.44. The lowest BCUT2D eigenvalue weighted by atomic mass is 10.3. The highest BCUT2D eigenvalue weighted by Gasteiger charge is 2.21. The lowest BCUT2D eigenvalue weighted by Gasteiger charge is -2.05. The molecule has 0 unspecified atom stereocenters. The lowest BCUT2D eigenvalue weighted by Crippen LogP contribution is -2.07. The summed E-state index contributed by atoms with van der Waals surface area (Å²) in [6.45, 7) is 8.85. The molecule has 0 saturated heterocycles. The Labute approximate surface area is 104 Å². The van der Waals surface area contributed by atoms with E-state index in [0.717, 1.165) is 6.92 Å². The molecule has 0 aromatic heterocycles. The van der Waals surface area contributed by atoms with Crippen molar-refractivity contribution in [1.82, 2.24) is 0 Å². The van der Waals surface area contributed by atoms with E-state index in [9.17, 15) is 22.4 Å². The van der Waals surface area contributed by atoms with Crippen molar-refractivity contribution in [1.29, 1.82) is 0 Å². The number of carbonyl (C=O) groups is 1. The molecule has 104 valence electrons. The Hall–Kier alpha value is -1.59. The maximum atomic E-state index is 12.7. The summed E-state index contributed by atoms with van der Waals surface area (Å²) in [4.78, 5) is 10.3. The molecule has 1 aromatic carbocycles. The SMILES string of the molecule is CC.CC.CC(=O)Oc1c(F)c(F)cc(F)c1F. The molecule has 0 aliphatic heterocycles. The fourth-order valence-corrected chi connectivity index (χ4v) is 0.785. The quantitative estimate of drug-likeness (QED) is 0.330. The fraction of sp³-hybridized carbons (Fsp3) is 0.417. The first-order valence-corrected chi connectivity index (χ1v) is 5.45. The number of rotatable bonds is 1. The van der Waals surface area contributed by atoms with Crippen LogP contribution >= 0.6 is 0 Å². The number of hydrogen-bond donors (Lipinski definition) is 0. The third-order valence-electron chi connectivity index (χ3n) is 1.32. The third kappa shape index (κ3) is 5.16. The van der Waals surface area contributed by atoms with Gasteiger partial charge in [0, 0.05) is 13.0 Å². The van der Waals surface area contributed by atoms with Gasteiger partial charge in [-0.15, -0.1) is 0 Å². The Bertz CT molecular complexity index is 366. The maximum absolute atomic E-state index is 12.7. The van der Waals surface area contributed by atoms with Crippen LogP contribution in [0.25, 0.3) is 0 Å². The summed E-state index contributed by atoms with van der Waals surface area (Å²) in [7, 11) is 0. The number of benzene rings is 1. The molecule has 0 atom stereocenters. The first-order chi connectivity index (χ1) is 8.43. The number of carbonyl (C=O) groups excluding carboxylic acids is 1. The third-order valence-corrected chi connectivity index (χ3v) is 1.32. The summed E-state index contributed by atoms with van der Waals surface area (Å²) in [5.74, 6) is -9.17. The summed E-state index contributed by atoms with van der Waals surface area (Å²) >= 11 is 0. The average molecular weight is 268 g/mol. The minimum atomic E-state index is -1.74. The smallest absolute Gasteiger partial charge is 0.308 e. The van der Waals surface area contributed by atoms with E-state index in [1.807, 2.05) is 27.7 Å². The zero-order chi connectivity index (χ0) is 14.9. The Morgan fingerprint density at radius 3 is 1.56 bits per heavy atom. The predicted molar refractivity (Wildman–Crippen MR) is 60.3 cm³/mol. The van der Waals surface area contributed by atoms with Crippen molar-refractivity contribution in [3.63, 3.8) is 0 Å². The highest BCUT2D eigenvalue weighted by atomic mass is 19.2. The van der Waals surface area contributed by atoms with E-state index in [1.165, 1.54) is 0 Å². The first-order valence-electron chi connectivity index (χ1n) is 5.45. The number of hydrogen-bond acceptors (Lipinski definition) is 2. The van der Waals surface area contributed by atoms with Crippen molar-refractivity contribution in [2.45, 2.75) is 34.6 Å². The Morgan fingerprint density at radius 2 is 1.28 bits per heavy atom. The highest BCUT2D eigenvalue weighted by molar-refractivity contribution is 5.69. The van der Waals surface area contributed by atoms with E-state index >= 15 is 0 Å². The second-order valence-corrected chi connectivity index (χ2v) is 2.39. The van der Waals surface area contributed by atoms with Crippen molar-refractivity contribution in [2.75, 3.05) is 0 Å². The fourth-order valence-electron chi connectivity index (χ4n) is 0.785. The van der Waals surface area contributed by atoms with Gasteiger partial charge in [0.1, 0.15) is 0 Å². The molecule has 0 N–H and O–H groups in total. The van der Waals surface area contributed by atoms with Gasteiger partial charge in [-0.05, 0) is 0 Å². The Balaban J connectivity index is 0. The van der Waals surface area contributed by atoms with Crippen LogP contribution in [-0.2, 0) is 4.79 Å². The van der Waals surface area contributed by atoms with Crippen molar-refractivity contribution in [2.24, 2.45) is 0 Å². The predicted octanol–water partition coefficient (Wildman–Crippen LogP) is 4.22. The van der Waals surface area contributed by atoms with Crippen molar-refractivity contribution in [3.05, 3.63) is 29.3 Å². The molecule has 1 rings (SSSR count). The molecular formula is C12H16F4O2. The molecule has 18 heavy (non-hydrogen) atoms. The average Bonchev–Trinajstić information content (AvgIpc) is 2.37. The zero-order valence-electron chi connectivity index (χ0n) is 10.9. The lowest BCUT2D eigenvalue weighted by molar-refractivity contribution is -0.132. The molecular weight excluding hydrogens is 252 g/mol. The Morgan fingerprint density at radius 1 is 0.944 bits per heavy atom. The van der Waals surface area contributed by atoms with Crippen molar-refractivity contribution >= 4 is 5.97 Å². The molecule has 0 heterocycles. The van der Waals surface area contributed by atoms with Gasteiger partial charge in [0.15, 0.2) is 11.6 Å². The molecule has 0 bridgehead atoms. The molecule has 2 nitrogen and oxygen atoms in total. The van der Waals surface area contributed by atoms with Gasteiger partial charge < -0.3 is 4.74 Å². The van der Waals surface area contributed by atoms with Crippen LogP contribution in [0, 0.1) is 23.3 Å². The van der Waals surface area contributed by atoms with Crippen LogP contribution in [0.2, 0.25) is 0 Å². The monoisotopic (exact) mass is 268 g/mol. The van der Waals surface area contributed by atoms with Crippen LogP contribution < -0.4 is 4.74 Å². The van der Waals surface area contributed by atoms with Gasteiger partial charge in [-0.1, -0.05) is 27.7 Å². The molecule has 0 saturated carbocycles. The van der Waals surface area contributed by atoms with E-state index in [0.29, 0.717) is 0 Å². The van der Waals surface area contributed by atoms with Gasteiger partial charge in [0.05, 0.1) is 0 Å². The number of ether oxygens (including phenoxy) is 1. The van der Waals surface area contributed by atoms with E-state index < -0.39 is 35.0 Å². The molecule has 0 radical (unpaired) electrons. The van der Waals surface area contributed by atoms with Crippen molar-refractivity contribution in [3.8, 4) is 5.75 Å². The summed E-state index contributed by atoms with van der Waals surface area (Å²) in [6.07, 6.45) is 0. The van der Waals surface area contributed by atoms with Crippen LogP contribution in [0.3, 0.4) is 0 Å². The van der Waals surface area contributed by atoms with Crippen LogP contribution in [0.4, 0.5) is 17.6 Å². The second-order valence-electron chi connectivity index (χ2n) is 2.39. The minimum absolute atomic E-state index is 0.0255. The molecule has 0 aliphatic rings. The van der Waals surface area contributed by atoms with Crippen LogP contribution in [0.1, 0.15) is 34.6 Å². The maximum Gasteiger partial charge on any atom is 0.308 e. The van der Waals surface area contributed by atoms with Crippen LogP contribution in [0.15, 0.2) is 6.07 Å². The summed E-state index contributed by atoms with van der Waals surface area (Å²) in [6, 6.07) is 0.0255. The minimum Gasteiger partial charge on any atom is -0.420 e. The molecule has 0 spiro atoms. The molecule has 0 amide bonds. The van der Waals surface area contributed by atoms with Gasteiger partial charge in [0.2, 0.25) is 17.4 Å². The topological polar surface area (TPSA) is 26.3 Å². The van der Waals surface area contributed by atoms with Gasteiger partial charge >= 0.3 is 5.97 Å². The molecule has 0 aliphatic carbocycles.